The Bertz CT molecular complexity index is 459. The van der Waals surface area contributed by atoms with Gasteiger partial charge in [0.2, 0.25) is 0 Å². The fourth-order valence-corrected chi connectivity index (χ4v) is 3.01. The van der Waals surface area contributed by atoms with Crippen molar-refractivity contribution in [3.05, 3.63) is 22.4 Å². The Morgan fingerprint density at radius 1 is 1.53 bits per heavy atom. The summed E-state index contributed by atoms with van der Waals surface area (Å²) < 4.78 is 2.91. The quantitative estimate of drug-likeness (QED) is 0.900. The highest BCUT2D eigenvalue weighted by atomic mass is 79.9. The Balaban J connectivity index is 2.22. The van der Waals surface area contributed by atoms with Gasteiger partial charge in [-0.25, -0.2) is 0 Å². The van der Waals surface area contributed by atoms with Crippen LogP contribution < -0.4 is 5.73 Å². The van der Waals surface area contributed by atoms with Crippen LogP contribution >= 0.6 is 15.9 Å². The van der Waals surface area contributed by atoms with Gasteiger partial charge in [-0.3, -0.25) is 4.79 Å². The number of aryl methyl sites for hydroxylation is 1. The van der Waals surface area contributed by atoms with Crippen molar-refractivity contribution in [1.82, 2.24) is 14.4 Å². The predicted molar refractivity (Wildman–Crippen MR) is 79.2 cm³/mol. The van der Waals surface area contributed by atoms with E-state index >= 15 is 0 Å². The minimum atomic E-state index is 0.0797. The maximum atomic E-state index is 12.7. The van der Waals surface area contributed by atoms with Gasteiger partial charge in [-0.15, -0.1) is 0 Å². The molecule has 106 valence electrons. The Hall–Kier alpha value is -0.850. The first kappa shape index (κ1) is 14.6. The van der Waals surface area contributed by atoms with Crippen LogP contribution in [0.3, 0.4) is 0 Å². The summed E-state index contributed by atoms with van der Waals surface area (Å²) >= 11 is 3.43. The smallest absolute Gasteiger partial charge is 0.270 e. The molecule has 2 heterocycles. The number of rotatable bonds is 3. The molecule has 1 aromatic rings. The van der Waals surface area contributed by atoms with E-state index in [1.54, 1.807) is 0 Å². The molecule has 2 rings (SSSR count). The standard InChI is InChI=1S/C13H21BrN4O/c1-3-17-8-10(14)6-12(17)13(19)18-5-4-16(2)9-11(18)7-15/h6,8,11H,3-5,7,9,15H2,1-2H3. The van der Waals surface area contributed by atoms with E-state index in [2.05, 4.69) is 27.9 Å². The van der Waals surface area contributed by atoms with Gasteiger partial charge in [0, 0.05) is 43.4 Å². The van der Waals surface area contributed by atoms with Gasteiger partial charge in [-0.1, -0.05) is 0 Å². The molecule has 2 N–H and O–H groups in total. The van der Waals surface area contributed by atoms with E-state index in [4.69, 9.17) is 5.73 Å². The van der Waals surface area contributed by atoms with Crippen molar-refractivity contribution in [3.8, 4) is 0 Å². The van der Waals surface area contributed by atoms with Crippen LogP contribution in [0.25, 0.3) is 0 Å². The summed E-state index contributed by atoms with van der Waals surface area (Å²) in [4.78, 5) is 16.8. The number of halogens is 1. The fraction of sp³-hybridized carbons (Fsp3) is 0.615. The lowest BCUT2D eigenvalue weighted by molar-refractivity contribution is 0.0505. The lowest BCUT2D eigenvalue weighted by Gasteiger charge is -2.39. The summed E-state index contributed by atoms with van der Waals surface area (Å²) in [5, 5.41) is 0. The Morgan fingerprint density at radius 2 is 2.26 bits per heavy atom. The number of hydrogen-bond donors (Lipinski definition) is 1. The van der Waals surface area contributed by atoms with E-state index in [1.807, 2.05) is 28.7 Å². The summed E-state index contributed by atoms with van der Waals surface area (Å²) in [6.45, 7) is 5.81. The molecule has 1 saturated heterocycles. The van der Waals surface area contributed by atoms with E-state index in [1.165, 1.54) is 0 Å². The first-order valence-electron chi connectivity index (χ1n) is 6.62. The lowest BCUT2D eigenvalue weighted by Crippen LogP contribution is -2.57. The highest BCUT2D eigenvalue weighted by Crippen LogP contribution is 2.19. The molecule has 0 radical (unpaired) electrons. The summed E-state index contributed by atoms with van der Waals surface area (Å²) in [7, 11) is 2.07. The maximum absolute atomic E-state index is 12.7. The first-order valence-corrected chi connectivity index (χ1v) is 7.41. The molecular formula is C13H21BrN4O. The molecule has 1 amide bonds. The number of piperazine rings is 1. The molecular weight excluding hydrogens is 308 g/mol. The molecule has 0 bridgehead atoms. The Labute approximate surface area is 122 Å². The van der Waals surface area contributed by atoms with Crippen molar-refractivity contribution in [3.63, 3.8) is 0 Å². The van der Waals surface area contributed by atoms with Crippen LogP contribution in [0.2, 0.25) is 0 Å². The topological polar surface area (TPSA) is 54.5 Å². The minimum absolute atomic E-state index is 0.0797. The number of likely N-dealkylation sites (N-methyl/N-ethyl adjacent to an activating group) is 1. The van der Waals surface area contributed by atoms with Crippen LogP contribution in [0, 0.1) is 0 Å². The number of carbonyl (C=O) groups excluding carboxylic acids is 1. The van der Waals surface area contributed by atoms with Crippen LogP contribution in [0.15, 0.2) is 16.7 Å². The first-order chi connectivity index (χ1) is 9.06. The van der Waals surface area contributed by atoms with Crippen LogP contribution in [-0.2, 0) is 6.54 Å². The Morgan fingerprint density at radius 3 is 2.89 bits per heavy atom. The second-order valence-electron chi connectivity index (χ2n) is 4.98. The molecule has 1 unspecified atom stereocenters. The SMILES string of the molecule is CCn1cc(Br)cc1C(=O)N1CCN(C)CC1CN. The molecule has 6 heteroatoms. The molecule has 0 spiro atoms. The number of carbonyl (C=O) groups is 1. The van der Waals surface area contributed by atoms with Gasteiger partial charge in [0.05, 0.1) is 6.04 Å². The normalized spacial score (nSPS) is 20.8. The van der Waals surface area contributed by atoms with E-state index in [0.29, 0.717) is 6.54 Å². The molecule has 0 aliphatic carbocycles. The van der Waals surface area contributed by atoms with Crippen LogP contribution in [0.1, 0.15) is 17.4 Å². The summed E-state index contributed by atoms with van der Waals surface area (Å²) in [5.74, 6) is 0.0797. The number of aromatic nitrogens is 1. The summed E-state index contributed by atoms with van der Waals surface area (Å²) in [6.07, 6.45) is 1.95. The largest absolute Gasteiger partial charge is 0.343 e. The molecule has 1 aliphatic rings. The van der Waals surface area contributed by atoms with Crippen molar-refractivity contribution in [1.29, 1.82) is 0 Å². The summed E-state index contributed by atoms with van der Waals surface area (Å²) in [6, 6.07) is 1.99. The minimum Gasteiger partial charge on any atom is -0.343 e. The van der Waals surface area contributed by atoms with Gasteiger partial charge >= 0.3 is 0 Å². The van der Waals surface area contributed by atoms with Crippen molar-refractivity contribution >= 4 is 21.8 Å². The zero-order valence-electron chi connectivity index (χ0n) is 11.5. The van der Waals surface area contributed by atoms with Crippen LogP contribution in [0.4, 0.5) is 0 Å². The number of nitrogens with two attached hydrogens (primary N) is 1. The average Bonchev–Trinajstić information content (AvgIpc) is 2.79. The molecule has 5 nitrogen and oxygen atoms in total. The summed E-state index contributed by atoms with van der Waals surface area (Å²) in [5.41, 5.74) is 6.54. The number of amides is 1. The van der Waals surface area contributed by atoms with Crippen molar-refractivity contribution in [2.75, 3.05) is 33.2 Å². The highest BCUT2D eigenvalue weighted by Gasteiger charge is 2.30. The third-order valence-corrected chi connectivity index (χ3v) is 4.08. The van der Waals surface area contributed by atoms with E-state index in [-0.39, 0.29) is 11.9 Å². The van der Waals surface area contributed by atoms with Crippen molar-refractivity contribution in [2.45, 2.75) is 19.5 Å². The second kappa shape index (κ2) is 6.07. The number of nitrogens with zero attached hydrogens (tertiary/aromatic N) is 3. The van der Waals surface area contributed by atoms with Crippen molar-refractivity contribution in [2.24, 2.45) is 5.73 Å². The average molecular weight is 329 g/mol. The highest BCUT2D eigenvalue weighted by molar-refractivity contribution is 9.10. The molecule has 1 aromatic heterocycles. The van der Waals surface area contributed by atoms with Crippen LogP contribution in [0.5, 0.6) is 0 Å². The maximum Gasteiger partial charge on any atom is 0.270 e. The predicted octanol–water partition coefficient (Wildman–Crippen LogP) is 0.985. The third kappa shape index (κ3) is 3.01. The third-order valence-electron chi connectivity index (χ3n) is 3.64. The molecule has 0 aromatic carbocycles. The van der Waals surface area contributed by atoms with E-state index < -0.39 is 0 Å². The van der Waals surface area contributed by atoms with Gasteiger partial charge in [0.25, 0.3) is 5.91 Å². The lowest BCUT2D eigenvalue weighted by atomic mass is 10.1. The molecule has 1 atom stereocenters. The van der Waals surface area contributed by atoms with Gasteiger partial charge in [-0.05, 0) is 36.0 Å². The van der Waals surface area contributed by atoms with Gasteiger partial charge < -0.3 is 20.1 Å². The van der Waals surface area contributed by atoms with Gasteiger partial charge in [0.1, 0.15) is 5.69 Å². The molecule has 1 aliphatic heterocycles. The molecule has 1 fully saturated rings. The van der Waals surface area contributed by atoms with E-state index in [0.717, 1.165) is 36.3 Å². The monoisotopic (exact) mass is 328 g/mol. The zero-order chi connectivity index (χ0) is 14.0. The number of hydrogen-bond acceptors (Lipinski definition) is 3. The van der Waals surface area contributed by atoms with Gasteiger partial charge in [0.15, 0.2) is 0 Å². The zero-order valence-corrected chi connectivity index (χ0v) is 13.1. The molecule has 19 heavy (non-hydrogen) atoms. The van der Waals surface area contributed by atoms with Crippen LogP contribution in [-0.4, -0.2) is 59.5 Å². The van der Waals surface area contributed by atoms with Gasteiger partial charge in [-0.2, -0.15) is 0 Å². The molecule has 0 saturated carbocycles. The fourth-order valence-electron chi connectivity index (χ4n) is 2.54. The second-order valence-corrected chi connectivity index (χ2v) is 5.90. The Kier molecular flexibility index (Phi) is 4.65. The van der Waals surface area contributed by atoms with Crippen molar-refractivity contribution < 1.29 is 4.79 Å². The van der Waals surface area contributed by atoms with E-state index in [9.17, 15) is 4.79 Å².